The average Bonchev–Trinajstić information content (AvgIpc) is 3.51. The van der Waals surface area contributed by atoms with Gasteiger partial charge in [-0.05, 0) is 79.8 Å². The topological polar surface area (TPSA) is 55.1 Å². The number of amides is 2. The van der Waals surface area contributed by atoms with Gasteiger partial charge < -0.3 is 14.8 Å². The quantitative estimate of drug-likeness (QED) is 0.245. The second kappa shape index (κ2) is 10.1. The molecule has 0 bridgehead atoms. The zero-order valence-electron chi connectivity index (χ0n) is 21.9. The molecule has 0 fully saturated rings. The summed E-state index contributed by atoms with van der Waals surface area (Å²) < 4.78 is 18.4. The van der Waals surface area contributed by atoms with E-state index in [2.05, 4.69) is 34.1 Å². The molecule has 3 aromatic carbocycles. The van der Waals surface area contributed by atoms with Crippen LogP contribution in [0, 0.1) is 19.7 Å². The number of halogens is 1. The number of hydrogen-bond donors (Lipinski definition) is 1. The van der Waals surface area contributed by atoms with E-state index in [1.54, 1.807) is 30.8 Å². The molecule has 0 radical (unpaired) electrons. The fraction of sp³-hybridized carbons (Fsp3) is 0.161. The van der Waals surface area contributed by atoms with Gasteiger partial charge in [-0.25, -0.2) is 13.9 Å². The number of para-hydroxylation sites is 1. The number of nitrogens with zero attached hydrogens (tertiary/aromatic N) is 4. The second-order valence-electron chi connectivity index (χ2n) is 9.64. The molecule has 1 aliphatic heterocycles. The number of benzene rings is 3. The fourth-order valence-electron chi connectivity index (χ4n) is 5.15. The monoisotopic (exact) mass is 537 g/mol. The van der Waals surface area contributed by atoms with Crippen LogP contribution in [0.2, 0.25) is 0 Å². The van der Waals surface area contributed by atoms with Gasteiger partial charge in [-0.1, -0.05) is 36.4 Å². The van der Waals surface area contributed by atoms with Crippen molar-refractivity contribution < 1.29 is 9.18 Å². The van der Waals surface area contributed by atoms with Gasteiger partial charge in [-0.2, -0.15) is 5.10 Å². The molecule has 6 rings (SSSR count). The summed E-state index contributed by atoms with van der Waals surface area (Å²) in [5.41, 5.74) is 5.59. The Hall–Kier alpha value is -4.30. The molecular weight excluding hydrogens is 509 g/mol. The van der Waals surface area contributed by atoms with Crippen molar-refractivity contribution in [1.82, 2.24) is 19.2 Å². The predicted octanol–water partition coefficient (Wildman–Crippen LogP) is 7.28. The summed E-state index contributed by atoms with van der Waals surface area (Å²) in [5, 5.41) is 7.84. The first-order valence-corrected chi connectivity index (χ1v) is 14.0. The number of fused-ring (bicyclic) bond motifs is 3. The van der Waals surface area contributed by atoms with Crippen molar-refractivity contribution in [3.05, 3.63) is 125 Å². The highest BCUT2D eigenvalue weighted by Gasteiger charge is 2.36. The first kappa shape index (κ1) is 25.0. The number of thioether (sulfide) groups is 1. The number of hydrogen-bond acceptors (Lipinski definition) is 3. The van der Waals surface area contributed by atoms with Gasteiger partial charge in [-0.3, -0.25) is 0 Å². The van der Waals surface area contributed by atoms with Gasteiger partial charge in [-0.15, -0.1) is 11.8 Å². The lowest BCUT2D eigenvalue weighted by atomic mass is 10.0. The summed E-state index contributed by atoms with van der Waals surface area (Å²) in [7, 11) is 0. The van der Waals surface area contributed by atoms with Crippen molar-refractivity contribution in [1.29, 1.82) is 0 Å². The summed E-state index contributed by atoms with van der Waals surface area (Å²) in [6, 6.07) is 26.4. The van der Waals surface area contributed by atoms with E-state index < -0.39 is 0 Å². The number of rotatable bonds is 4. The fourth-order valence-corrected chi connectivity index (χ4v) is 5.56. The van der Waals surface area contributed by atoms with Crippen LogP contribution < -0.4 is 5.32 Å². The van der Waals surface area contributed by atoms with E-state index in [9.17, 15) is 9.18 Å². The summed E-state index contributed by atoms with van der Waals surface area (Å²) >= 11 is 1.67. The zero-order chi connectivity index (χ0) is 27.1. The van der Waals surface area contributed by atoms with Gasteiger partial charge in [0.1, 0.15) is 11.6 Å². The highest BCUT2D eigenvalue weighted by atomic mass is 32.2. The Morgan fingerprint density at radius 2 is 1.77 bits per heavy atom. The van der Waals surface area contributed by atoms with E-state index in [1.807, 2.05) is 71.4 Å². The van der Waals surface area contributed by atoms with Gasteiger partial charge in [0.05, 0.1) is 29.7 Å². The lowest BCUT2D eigenvalue weighted by molar-refractivity contribution is 0.194. The molecule has 2 amide bonds. The van der Waals surface area contributed by atoms with Gasteiger partial charge in [0, 0.05) is 22.3 Å². The Labute approximate surface area is 231 Å². The predicted molar refractivity (Wildman–Crippen MR) is 153 cm³/mol. The van der Waals surface area contributed by atoms with E-state index in [4.69, 9.17) is 5.10 Å². The molecule has 1 unspecified atom stereocenters. The Bertz CT molecular complexity index is 1660. The molecule has 3 heterocycles. The molecular formula is C31H28FN5OS. The number of urea groups is 1. The number of aromatic nitrogens is 3. The van der Waals surface area contributed by atoms with Gasteiger partial charge in [0.15, 0.2) is 0 Å². The highest BCUT2D eigenvalue weighted by Crippen LogP contribution is 2.39. The van der Waals surface area contributed by atoms with Crippen LogP contribution in [0.4, 0.5) is 14.9 Å². The number of aryl methyl sites for hydroxylation is 2. The highest BCUT2D eigenvalue weighted by molar-refractivity contribution is 7.98. The zero-order valence-corrected chi connectivity index (χ0v) is 22.7. The van der Waals surface area contributed by atoms with Gasteiger partial charge in [0.25, 0.3) is 0 Å². The maximum Gasteiger partial charge on any atom is 0.322 e. The SMILES string of the molecule is CSc1ccc(C2c3cccn3-c3c(c(C)nn3-c3ccccc3)CN2C(=O)Nc2ccc(C)c(F)c2)cc1. The lowest BCUT2D eigenvalue weighted by Crippen LogP contribution is -2.38. The van der Waals surface area contributed by atoms with E-state index in [0.717, 1.165) is 38.9 Å². The Kier molecular flexibility index (Phi) is 6.48. The largest absolute Gasteiger partial charge is 0.322 e. The van der Waals surface area contributed by atoms with Crippen molar-refractivity contribution in [3.8, 4) is 11.5 Å². The molecule has 196 valence electrons. The molecule has 8 heteroatoms. The number of carbonyl (C=O) groups excluding carboxylic acids is 1. The molecule has 5 aromatic rings. The molecule has 0 aliphatic carbocycles. The van der Waals surface area contributed by atoms with Crippen LogP contribution in [-0.2, 0) is 6.54 Å². The molecule has 0 saturated heterocycles. The van der Waals surface area contributed by atoms with Gasteiger partial charge >= 0.3 is 6.03 Å². The number of anilines is 1. The summed E-state index contributed by atoms with van der Waals surface area (Å²) in [6.45, 7) is 4.00. The third-order valence-electron chi connectivity index (χ3n) is 7.20. The van der Waals surface area contributed by atoms with Gasteiger partial charge in [0.2, 0.25) is 0 Å². The maximum atomic E-state index is 14.3. The van der Waals surface area contributed by atoms with Crippen LogP contribution in [0.5, 0.6) is 0 Å². The van der Waals surface area contributed by atoms with Crippen LogP contribution in [0.15, 0.2) is 96.0 Å². The molecule has 1 atom stereocenters. The molecule has 2 aromatic heterocycles. The summed E-state index contributed by atoms with van der Waals surface area (Å²) in [4.78, 5) is 17.0. The minimum Gasteiger partial charge on any atom is -0.308 e. The van der Waals surface area contributed by atoms with Crippen molar-refractivity contribution in [2.75, 3.05) is 11.6 Å². The maximum absolute atomic E-state index is 14.3. The third kappa shape index (κ3) is 4.51. The standard InChI is InChI=1S/C31H28FN5OS/c1-20-11-14-23(18-27(20)32)33-31(38)36-19-26-21(2)34-37(24-8-5-4-6-9-24)30(26)35-17-7-10-28(35)29(36)22-12-15-25(39-3)16-13-22/h4-18,29H,19H2,1-3H3,(H,33,38). The molecule has 6 nitrogen and oxygen atoms in total. The van der Waals surface area contributed by atoms with Crippen LogP contribution in [-0.4, -0.2) is 31.5 Å². The van der Waals surface area contributed by atoms with E-state index in [0.29, 0.717) is 17.8 Å². The Morgan fingerprint density at radius 3 is 2.49 bits per heavy atom. The number of carbonyl (C=O) groups is 1. The molecule has 0 spiro atoms. The van der Waals surface area contributed by atoms with E-state index in [-0.39, 0.29) is 17.9 Å². The second-order valence-corrected chi connectivity index (χ2v) is 10.5. The van der Waals surface area contributed by atoms with Crippen molar-refractivity contribution in [2.45, 2.75) is 31.3 Å². The molecule has 0 saturated carbocycles. The van der Waals surface area contributed by atoms with Crippen LogP contribution in [0.1, 0.15) is 34.1 Å². The molecule has 39 heavy (non-hydrogen) atoms. The smallest absolute Gasteiger partial charge is 0.308 e. The van der Waals surface area contributed by atoms with Crippen molar-refractivity contribution in [3.63, 3.8) is 0 Å². The first-order chi connectivity index (χ1) is 18.9. The van der Waals surface area contributed by atoms with Crippen LogP contribution in [0.3, 0.4) is 0 Å². The van der Waals surface area contributed by atoms with Crippen molar-refractivity contribution in [2.24, 2.45) is 0 Å². The molecule has 1 aliphatic rings. The average molecular weight is 538 g/mol. The molecule has 1 N–H and O–H groups in total. The van der Waals surface area contributed by atoms with Crippen molar-refractivity contribution >= 4 is 23.5 Å². The normalized spacial score (nSPS) is 14.5. The lowest BCUT2D eigenvalue weighted by Gasteiger charge is -2.31. The van der Waals surface area contributed by atoms with Crippen LogP contribution >= 0.6 is 11.8 Å². The first-order valence-electron chi connectivity index (χ1n) is 12.7. The summed E-state index contributed by atoms with van der Waals surface area (Å²) in [5.74, 6) is 0.546. The minimum atomic E-state index is -0.387. The Morgan fingerprint density at radius 1 is 1.00 bits per heavy atom. The number of nitrogens with one attached hydrogen (secondary N) is 1. The minimum absolute atomic E-state index is 0.315. The van der Waals surface area contributed by atoms with E-state index in [1.165, 1.54) is 6.07 Å². The summed E-state index contributed by atoms with van der Waals surface area (Å²) in [6.07, 6.45) is 4.07. The Balaban J connectivity index is 1.52. The third-order valence-corrected chi connectivity index (χ3v) is 7.95. The van der Waals surface area contributed by atoms with Crippen LogP contribution in [0.25, 0.3) is 11.5 Å². The van der Waals surface area contributed by atoms with E-state index >= 15 is 0 Å².